The summed E-state index contributed by atoms with van der Waals surface area (Å²) >= 11 is 0. The molecule has 0 aliphatic rings. The van der Waals surface area contributed by atoms with Crippen molar-refractivity contribution in [3.05, 3.63) is 66.0 Å². The monoisotopic (exact) mass is 343 g/mol. The summed E-state index contributed by atoms with van der Waals surface area (Å²) in [6, 6.07) is 13.9. The summed E-state index contributed by atoms with van der Waals surface area (Å²) in [5, 5.41) is 2.52. The number of Topliss-reactive ketones (excluding diaryl/α,β-unsaturated/α-hetero) is 1. The molecule has 0 aromatic heterocycles. The molecule has 0 radical (unpaired) electrons. The van der Waals surface area contributed by atoms with E-state index in [1.807, 2.05) is 0 Å². The number of ether oxygens (including phenoxy) is 1. The fourth-order valence-corrected chi connectivity index (χ4v) is 2.07. The third kappa shape index (κ3) is 5.84. The van der Waals surface area contributed by atoms with Crippen LogP contribution >= 0.6 is 0 Å². The average molecular weight is 343 g/mol. The first-order valence-corrected chi connectivity index (χ1v) is 7.80. The van der Waals surface area contributed by atoms with Gasteiger partial charge in [0.15, 0.2) is 11.9 Å². The molecule has 0 spiro atoms. The molecule has 2 aromatic carbocycles. The maximum atomic E-state index is 12.8. The molecule has 2 aromatic rings. The van der Waals surface area contributed by atoms with Crippen molar-refractivity contribution in [3.63, 3.8) is 0 Å². The molecular weight excluding hydrogens is 325 g/mol. The van der Waals surface area contributed by atoms with E-state index in [1.165, 1.54) is 31.2 Å². The lowest BCUT2D eigenvalue weighted by molar-refractivity contribution is -0.153. The summed E-state index contributed by atoms with van der Waals surface area (Å²) in [6.07, 6.45) is -1.12. The summed E-state index contributed by atoms with van der Waals surface area (Å²) in [5.74, 6) is -1.75. The number of benzene rings is 2. The predicted molar refractivity (Wildman–Crippen MR) is 90.6 cm³/mol. The Hall–Kier alpha value is -3.02. The van der Waals surface area contributed by atoms with Gasteiger partial charge in [-0.05, 0) is 31.2 Å². The molecule has 0 heterocycles. The molecule has 0 aliphatic carbocycles. The van der Waals surface area contributed by atoms with E-state index in [0.717, 1.165) is 0 Å². The predicted octanol–water partition coefficient (Wildman–Crippen LogP) is 3.36. The number of carbonyl (C=O) groups is 3. The molecule has 25 heavy (non-hydrogen) atoms. The Balaban J connectivity index is 1.78. The molecule has 0 aliphatic heterocycles. The number of rotatable bonds is 7. The van der Waals surface area contributed by atoms with Crippen LogP contribution in [0.4, 0.5) is 10.1 Å². The van der Waals surface area contributed by atoms with Crippen LogP contribution in [0.15, 0.2) is 54.6 Å². The average Bonchev–Trinajstić information content (AvgIpc) is 2.62. The van der Waals surface area contributed by atoms with Crippen molar-refractivity contribution in [1.29, 1.82) is 0 Å². The molecule has 1 amide bonds. The highest BCUT2D eigenvalue weighted by Crippen LogP contribution is 2.10. The molecule has 2 rings (SSSR count). The van der Waals surface area contributed by atoms with E-state index >= 15 is 0 Å². The minimum Gasteiger partial charge on any atom is -0.453 e. The van der Waals surface area contributed by atoms with Gasteiger partial charge in [0.2, 0.25) is 0 Å². The lowest BCUT2D eigenvalue weighted by Gasteiger charge is -2.13. The topological polar surface area (TPSA) is 72.5 Å². The number of halogens is 1. The molecule has 0 unspecified atom stereocenters. The first kappa shape index (κ1) is 18.3. The normalized spacial score (nSPS) is 11.4. The quantitative estimate of drug-likeness (QED) is 0.618. The van der Waals surface area contributed by atoms with Crippen LogP contribution in [0.1, 0.15) is 30.1 Å². The van der Waals surface area contributed by atoms with Gasteiger partial charge in [0.1, 0.15) is 5.82 Å². The summed E-state index contributed by atoms with van der Waals surface area (Å²) in [5.41, 5.74) is 0.922. The van der Waals surface area contributed by atoms with Gasteiger partial charge in [-0.3, -0.25) is 14.4 Å². The maximum absolute atomic E-state index is 12.8. The molecule has 0 bridgehead atoms. The van der Waals surface area contributed by atoms with Crippen molar-refractivity contribution >= 4 is 23.3 Å². The number of ketones is 1. The van der Waals surface area contributed by atoms with Crippen LogP contribution in [0.3, 0.4) is 0 Å². The summed E-state index contributed by atoms with van der Waals surface area (Å²) in [7, 11) is 0. The van der Waals surface area contributed by atoms with Crippen LogP contribution in [0.25, 0.3) is 0 Å². The van der Waals surface area contributed by atoms with Gasteiger partial charge in [0.05, 0.1) is 6.42 Å². The second kappa shape index (κ2) is 8.73. The highest BCUT2D eigenvalue weighted by atomic mass is 19.1. The van der Waals surface area contributed by atoms with Crippen molar-refractivity contribution in [3.8, 4) is 0 Å². The first-order valence-electron chi connectivity index (χ1n) is 7.80. The Morgan fingerprint density at radius 3 is 2.28 bits per heavy atom. The molecule has 1 N–H and O–H groups in total. The Labute approximate surface area is 144 Å². The van der Waals surface area contributed by atoms with E-state index in [-0.39, 0.29) is 18.6 Å². The maximum Gasteiger partial charge on any atom is 0.307 e. The zero-order valence-corrected chi connectivity index (χ0v) is 13.7. The lowest BCUT2D eigenvalue weighted by Crippen LogP contribution is -2.30. The number of anilines is 1. The van der Waals surface area contributed by atoms with Crippen LogP contribution in [0.5, 0.6) is 0 Å². The molecule has 1 atom stereocenters. The zero-order chi connectivity index (χ0) is 18.2. The van der Waals surface area contributed by atoms with Gasteiger partial charge in [-0.2, -0.15) is 0 Å². The highest BCUT2D eigenvalue weighted by Gasteiger charge is 2.19. The van der Waals surface area contributed by atoms with Crippen LogP contribution < -0.4 is 5.32 Å². The van der Waals surface area contributed by atoms with E-state index in [9.17, 15) is 18.8 Å². The van der Waals surface area contributed by atoms with Crippen molar-refractivity contribution in [2.24, 2.45) is 0 Å². The van der Waals surface area contributed by atoms with Crippen molar-refractivity contribution < 1.29 is 23.5 Å². The smallest absolute Gasteiger partial charge is 0.307 e. The second-order valence-corrected chi connectivity index (χ2v) is 5.42. The van der Waals surface area contributed by atoms with E-state index in [1.54, 1.807) is 30.3 Å². The standard InChI is InChI=1S/C19H18FNO4/c1-13(19(24)21-16-9-7-15(20)8-10-16)25-18(23)12-11-17(22)14-5-3-2-4-6-14/h2-10,13H,11-12H2,1H3,(H,21,24)/t13-/m0/s1. The fraction of sp³-hybridized carbons (Fsp3) is 0.211. The third-order valence-corrected chi connectivity index (χ3v) is 3.44. The van der Waals surface area contributed by atoms with E-state index in [2.05, 4.69) is 5.32 Å². The summed E-state index contributed by atoms with van der Waals surface area (Å²) < 4.78 is 17.8. The zero-order valence-electron chi connectivity index (χ0n) is 13.7. The highest BCUT2D eigenvalue weighted by molar-refractivity contribution is 5.98. The Bertz CT molecular complexity index is 744. The van der Waals surface area contributed by atoms with Crippen LogP contribution in [0, 0.1) is 5.82 Å². The number of esters is 1. The largest absolute Gasteiger partial charge is 0.453 e. The van der Waals surface area contributed by atoms with Crippen molar-refractivity contribution in [2.45, 2.75) is 25.9 Å². The molecule has 6 heteroatoms. The van der Waals surface area contributed by atoms with Crippen LogP contribution in [-0.2, 0) is 14.3 Å². The fourth-order valence-electron chi connectivity index (χ4n) is 2.07. The number of hydrogen-bond donors (Lipinski definition) is 1. The molecule has 5 nitrogen and oxygen atoms in total. The van der Waals surface area contributed by atoms with Crippen LogP contribution in [0.2, 0.25) is 0 Å². The number of carbonyl (C=O) groups excluding carboxylic acids is 3. The Kier molecular flexibility index (Phi) is 6.39. The third-order valence-electron chi connectivity index (χ3n) is 3.44. The van der Waals surface area contributed by atoms with Gasteiger partial charge in [-0.15, -0.1) is 0 Å². The van der Waals surface area contributed by atoms with Crippen LogP contribution in [-0.4, -0.2) is 23.8 Å². The van der Waals surface area contributed by atoms with Gasteiger partial charge in [0.25, 0.3) is 5.91 Å². The second-order valence-electron chi connectivity index (χ2n) is 5.42. The van der Waals surface area contributed by atoms with Gasteiger partial charge in [-0.25, -0.2) is 4.39 Å². The lowest BCUT2D eigenvalue weighted by atomic mass is 10.1. The number of hydrogen-bond acceptors (Lipinski definition) is 4. The Morgan fingerprint density at radius 2 is 1.64 bits per heavy atom. The van der Waals surface area contributed by atoms with E-state index in [0.29, 0.717) is 11.3 Å². The molecule has 0 saturated heterocycles. The summed E-state index contributed by atoms with van der Waals surface area (Å²) in [4.78, 5) is 35.6. The molecule has 0 saturated carbocycles. The Morgan fingerprint density at radius 1 is 1.00 bits per heavy atom. The minimum absolute atomic E-state index is 0.00908. The summed E-state index contributed by atoms with van der Waals surface area (Å²) in [6.45, 7) is 1.43. The van der Waals surface area contributed by atoms with Gasteiger partial charge in [-0.1, -0.05) is 30.3 Å². The molecular formula is C19H18FNO4. The molecule has 0 fully saturated rings. The number of nitrogens with one attached hydrogen (secondary N) is 1. The minimum atomic E-state index is -1.02. The SMILES string of the molecule is C[C@H](OC(=O)CCC(=O)c1ccccc1)C(=O)Nc1ccc(F)cc1. The number of amides is 1. The van der Waals surface area contributed by atoms with E-state index < -0.39 is 23.8 Å². The van der Waals surface area contributed by atoms with Gasteiger partial charge < -0.3 is 10.1 Å². The van der Waals surface area contributed by atoms with Crippen molar-refractivity contribution in [1.82, 2.24) is 0 Å². The van der Waals surface area contributed by atoms with Gasteiger partial charge in [0, 0.05) is 17.7 Å². The van der Waals surface area contributed by atoms with Gasteiger partial charge >= 0.3 is 5.97 Å². The van der Waals surface area contributed by atoms with E-state index in [4.69, 9.17) is 4.74 Å². The van der Waals surface area contributed by atoms with Crippen molar-refractivity contribution in [2.75, 3.05) is 5.32 Å². The molecule has 130 valence electrons. The first-order chi connectivity index (χ1) is 12.0.